The van der Waals surface area contributed by atoms with Crippen LogP contribution in [0, 0.1) is 0 Å². The van der Waals surface area contributed by atoms with Crippen LogP contribution in [0.25, 0.3) is 0 Å². The molecule has 110 valence electrons. The molecule has 2 aliphatic rings. The van der Waals surface area contributed by atoms with Gasteiger partial charge in [0.25, 0.3) is 0 Å². The molecule has 1 aliphatic heterocycles. The van der Waals surface area contributed by atoms with E-state index in [1.165, 1.54) is 11.1 Å². The van der Waals surface area contributed by atoms with Gasteiger partial charge in [0.2, 0.25) is 0 Å². The van der Waals surface area contributed by atoms with Gasteiger partial charge in [0, 0.05) is 0 Å². The first-order valence-corrected chi connectivity index (χ1v) is 7.45. The number of aryl methyl sites for hydroxylation is 1. The molecule has 2 unspecified atom stereocenters. The molecule has 1 fully saturated rings. The number of benzene rings is 1. The first kappa shape index (κ1) is 13.9. The van der Waals surface area contributed by atoms with Gasteiger partial charge in [0.05, 0.1) is 32.5 Å². The molecular weight excluding hydrogens is 254 g/mol. The molecule has 20 heavy (non-hydrogen) atoms. The van der Waals surface area contributed by atoms with Crippen LogP contribution in [0.2, 0.25) is 0 Å². The molecule has 1 saturated heterocycles. The molecule has 3 rings (SSSR count). The first-order valence-electron chi connectivity index (χ1n) is 7.45. The Hall–Kier alpha value is -1.10. The molecule has 1 aromatic carbocycles. The molecule has 0 saturated carbocycles. The minimum atomic E-state index is 0.225. The summed E-state index contributed by atoms with van der Waals surface area (Å²) in [6.45, 7) is 4.54. The van der Waals surface area contributed by atoms with Crippen molar-refractivity contribution in [3.8, 4) is 5.75 Å². The third-order valence-electron chi connectivity index (χ3n) is 4.16. The zero-order chi connectivity index (χ0) is 13.9. The van der Waals surface area contributed by atoms with E-state index >= 15 is 0 Å². The molecule has 1 N–H and O–H groups in total. The molecule has 0 spiro atoms. The van der Waals surface area contributed by atoms with E-state index in [9.17, 15) is 0 Å². The number of methoxy groups -OCH3 is 1. The summed E-state index contributed by atoms with van der Waals surface area (Å²) in [5.41, 5.74) is 2.73. The summed E-state index contributed by atoms with van der Waals surface area (Å²) in [6.07, 6.45) is 2.63. The van der Waals surface area contributed by atoms with E-state index in [-0.39, 0.29) is 18.2 Å². The molecular formula is C16H23NO3. The van der Waals surface area contributed by atoms with Gasteiger partial charge in [-0.15, -0.1) is 0 Å². The maximum absolute atomic E-state index is 6.19. The van der Waals surface area contributed by atoms with Crippen LogP contribution >= 0.6 is 0 Å². The lowest BCUT2D eigenvalue weighted by molar-refractivity contribution is -0.163. The molecule has 1 heterocycles. The number of rotatable bonds is 5. The second-order valence-electron chi connectivity index (χ2n) is 5.47. The molecule has 0 amide bonds. The van der Waals surface area contributed by atoms with E-state index < -0.39 is 0 Å². The maximum Gasteiger partial charge on any atom is 0.119 e. The molecule has 0 radical (unpaired) electrons. The summed E-state index contributed by atoms with van der Waals surface area (Å²) in [7, 11) is 1.71. The van der Waals surface area contributed by atoms with Crippen molar-refractivity contribution < 1.29 is 14.2 Å². The average Bonchev–Trinajstić information content (AvgIpc) is 2.44. The van der Waals surface area contributed by atoms with E-state index in [1.807, 2.05) is 6.07 Å². The third-order valence-corrected chi connectivity index (χ3v) is 4.16. The van der Waals surface area contributed by atoms with E-state index in [4.69, 9.17) is 14.2 Å². The predicted octanol–water partition coefficient (Wildman–Crippen LogP) is 2.08. The van der Waals surface area contributed by atoms with Gasteiger partial charge in [-0.3, -0.25) is 0 Å². The Morgan fingerprint density at radius 3 is 2.85 bits per heavy atom. The monoisotopic (exact) mass is 277 g/mol. The van der Waals surface area contributed by atoms with Crippen molar-refractivity contribution >= 4 is 0 Å². The molecule has 1 aromatic rings. The van der Waals surface area contributed by atoms with Crippen molar-refractivity contribution in [3.05, 3.63) is 29.3 Å². The van der Waals surface area contributed by atoms with Crippen LogP contribution in [-0.2, 0) is 15.9 Å². The number of nitrogens with one attached hydrogen (secondary N) is 1. The SMILES string of the molecule is CCNC1c2cc(OC)ccc2CCC1OC1COC1. The fourth-order valence-corrected chi connectivity index (χ4v) is 3.03. The fraction of sp³-hybridized carbons (Fsp3) is 0.625. The summed E-state index contributed by atoms with van der Waals surface area (Å²) < 4.78 is 16.8. The normalized spacial score (nSPS) is 25.9. The lowest BCUT2D eigenvalue weighted by atomic mass is 9.85. The van der Waals surface area contributed by atoms with Crippen LogP contribution < -0.4 is 10.1 Å². The number of hydrogen-bond donors (Lipinski definition) is 1. The highest BCUT2D eigenvalue weighted by atomic mass is 16.6. The minimum absolute atomic E-state index is 0.225. The maximum atomic E-state index is 6.19. The van der Waals surface area contributed by atoms with Crippen LogP contribution in [-0.4, -0.2) is 39.1 Å². The molecule has 4 heteroatoms. The van der Waals surface area contributed by atoms with Gasteiger partial charge in [-0.1, -0.05) is 13.0 Å². The molecule has 4 nitrogen and oxygen atoms in total. The van der Waals surface area contributed by atoms with Crippen LogP contribution in [0.4, 0.5) is 0 Å². The van der Waals surface area contributed by atoms with Crippen LogP contribution in [0.15, 0.2) is 18.2 Å². The zero-order valence-electron chi connectivity index (χ0n) is 12.2. The molecule has 2 atom stereocenters. The highest BCUT2D eigenvalue weighted by Crippen LogP contribution is 2.35. The second-order valence-corrected chi connectivity index (χ2v) is 5.47. The van der Waals surface area contributed by atoms with Crippen molar-refractivity contribution in [2.75, 3.05) is 26.9 Å². The fourth-order valence-electron chi connectivity index (χ4n) is 3.03. The second kappa shape index (κ2) is 6.12. The third kappa shape index (κ3) is 2.68. The summed E-state index contributed by atoms with van der Waals surface area (Å²) in [5, 5.41) is 3.57. The van der Waals surface area contributed by atoms with E-state index in [0.717, 1.165) is 38.3 Å². The Kier molecular flexibility index (Phi) is 4.24. The van der Waals surface area contributed by atoms with Crippen LogP contribution in [0.3, 0.4) is 0 Å². The predicted molar refractivity (Wildman–Crippen MR) is 77.2 cm³/mol. The number of fused-ring (bicyclic) bond motifs is 1. The summed E-state index contributed by atoms with van der Waals surface area (Å²) in [5.74, 6) is 0.916. The van der Waals surface area contributed by atoms with Gasteiger partial charge >= 0.3 is 0 Å². The smallest absolute Gasteiger partial charge is 0.119 e. The quantitative estimate of drug-likeness (QED) is 0.894. The average molecular weight is 277 g/mol. The largest absolute Gasteiger partial charge is 0.497 e. The Morgan fingerprint density at radius 2 is 2.20 bits per heavy atom. The lowest BCUT2D eigenvalue weighted by Crippen LogP contribution is -2.45. The van der Waals surface area contributed by atoms with E-state index in [0.29, 0.717) is 0 Å². The van der Waals surface area contributed by atoms with Gasteiger partial charge in [0.15, 0.2) is 0 Å². The van der Waals surface area contributed by atoms with Crippen molar-refractivity contribution in [1.82, 2.24) is 5.32 Å². The van der Waals surface area contributed by atoms with Crippen LogP contribution in [0.1, 0.15) is 30.5 Å². The first-order chi connectivity index (χ1) is 9.81. The highest BCUT2D eigenvalue weighted by molar-refractivity contribution is 5.40. The topological polar surface area (TPSA) is 39.7 Å². The summed E-state index contributed by atoms with van der Waals surface area (Å²) in [4.78, 5) is 0. The number of likely N-dealkylation sites (N-methyl/N-ethyl adjacent to an activating group) is 1. The highest BCUT2D eigenvalue weighted by Gasteiger charge is 2.33. The van der Waals surface area contributed by atoms with Gasteiger partial charge in [-0.2, -0.15) is 0 Å². The van der Waals surface area contributed by atoms with Crippen LogP contribution in [0.5, 0.6) is 5.75 Å². The standard InChI is InChI=1S/C16H23NO3/c1-3-17-16-14-8-12(18-2)6-4-11(14)5-7-15(16)20-13-9-19-10-13/h4,6,8,13,15-17H,3,5,7,9-10H2,1-2H3. The van der Waals surface area contributed by atoms with Gasteiger partial charge in [0.1, 0.15) is 11.9 Å². The Morgan fingerprint density at radius 1 is 1.35 bits per heavy atom. The summed E-state index contributed by atoms with van der Waals surface area (Å²) >= 11 is 0. The van der Waals surface area contributed by atoms with Crippen molar-refractivity contribution in [1.29, 1.82) is 0 Å². The van der Waals surface area contributed by atoms with Crippen molar-refractivity contribution in [2.24, 2.45) is 0 Å². The number of hydrogen-bond acceptors (Lipinski definition) is 4. The molecule has 1 aliphatic carbocycles. The minimum Gasteiger partial charge on any atom is -0.497 e. The Labute approximate surface area is 120 Å². The van der Waals surface area contributed by atoms with Gasteiger partial charge in [-0.05, 0) is 42.6 Å². The number of ether oxygens (including phenoxy) is 3. The summed E-state index contributed by atoms with van der Waals surface area (Å²) in [6, 6.07) is 6.62. The van der Waals surface area contributed by atoms with E-state index in [1.54, 1.807) is 7.11 Å². The van der Waals surface area contributed by atoms with Gasteiger partial charge in [-0.25, -0.2) is 0 Å². The van der Waals surface area contributed by atoms with E-state index in [2.05, 4.69) is 24.4 Å². The van der Waals surface area contributed by atoms with Crippen molar-refractivity contribution in [3.63, 3.8) is 0 Å². The Bertz CT molecular complexity index is 459. The molecule has 0 bridgehead atoms. The van der Waals surface area contributed by atoms with Gasteiger partial charge < -0.3 is 19.5 Å². The lowest BCUT2D eigenvalue weighted by Gasteiger charge is -2.38. The molecule has 0 aromatic heterocycles. The zero-order valence-corrected chi connectivity index (χ0v) is 12.2. The Balaban J connectivity index is 1.83. The van der Waals surface area contributed by atoms with Crippen molar-refractivity contribution in [2.45, 2.75) is 38.0 Å².